The molecule has 20 heavy (non-hydrogen) atoms. The van der Waals surface area contributed by atoms with Gasteiger partial charge in [0.05, 0.1) is 10.2 Å². The number of anilines is 2. The summed E-state index contributed by atoms with van der Waals surface area (Å²) < 4.78 is 1.07. The zero-order chi connectivity index (χ0) is 13.9. The van der Waals surface area contributed by atoms with Crippen molar-refractivity contribution in [3.05, 3.63) is 10.2 Å². The second-order valence-electron chi connectivity index (χ2n) is 5.78. The Morgan fingerprint density at radius 2 is 1.85 bits per heavy atom. The summed E-state index contributed by atoms with van der Waals surface area (Å²) >= 11 is 3.69. The highest BCUT2D eigenvalue weighted by atomic mass is 79.9. The Morgan fingerprint density at radius 1 is 1.15 bits per heavy atom. The summed E-state index contributed by atoms with van der Waals surface area (Å²) in [5, 5.41) is 3.37. The van der Waals surface area contributed by atoms with Crippen LogP contribution in [0.2, 0.25) is 0 Å². The maximum atomic E-state index is 4.87. The third-order valence-corrected chi connectivity index (χ3v) is 4.84. The van der Waals surface area contributed by atoms with Crippen molar-refractivity contribution >= 4 is 27.7 Å². The molecule has 1 saturated heterocycles. The van der Waals surface area contributed by atoms with E-state index in [4.69, 9.17) is 9.97 Å². The summed E-state index contributed by atoms with van der Waals surface area (Å²) in [6, 6.07) is 0. The summed E-state index contributed by atoms with van der Waals surface area (Å²) in [5.41, 5.74) is 1.20. The molecule has 110 valence electrons. The Bertz CT molecular complexity index is 465. The molecule has 5 heteroatoms. The monoisotopic (exact) mass is 338 g/mol. The molecule has 2 fully saturated rings. The minimum atomic E-state index is 0.635. The van der Waals surface area contributed by atoms with E-state index < -0.39 is 0 Å². The molecule has 0 amide bonds. The van der Waals surface area contributed by atoms with Crippen molar-refractivity contribution in [1.29, 1.82) is 0 Å². The number of nitrogens with zero attached hydrogens (tertiary/aromatic N) is 3. The Kier molecular flexibility index (Phi) is 4.44. The fourth-order valence-corrected chi connectivity index (χ4v) is 3.42. The van der Waals surface area contributed by atoms with Crippen LogP contribution in [0.3, 0.4) is 0 Å². The molecule has 4 nitrogen and oxygen atoms in total. The highest BCUT2D eigenvalue weighted by Gasteiger charge is 2.30. The summed E-state index contributed by atoms with van der Waals surface area (Å²) in [7, 11) is 0. The Morgan fingerprint density at radius 3 is 2.45 bits per heavy atom. The molecular formula is C15H23BrN4. The van der Waals surface area contributed by atoms with Gasteiger partial charge in [0.2, 0.25) is 5.95 Å². The first-order valence-electron chi connectivity index (χ1n) is 7.86. The van der Waals surface area contributed by atoms with Crippen molar-refractivity contribution in [1.82, 2.24) is 9.97 Å². The first-order valence-corrected chi connectivity index (χ1v) is 8.65. The first-order chi connectivity index (χ1) is 9.79. The summed E-state index contributed by atoms with van der Waals surface area (Å²) in [5.74, 6) is 2.52. The number of halogens is 1. The van der Waals surface area contributed by atoms with Crippen LogP contribution in [0, 0.1) is 0 Å². The van der Waals surface area contributed by atoms with Crippen molar-refractivity contribution in [2.24, 2.45) is 0 Å². The molecule has 2 aliphatic rings. The van der Waals surface area contributed by atoms with Gasteiger partial charge in [0, 0.05) is 25.6 Å². The predicted molar refractivity (Wildman–Crippen MR) is 86.6 cm³/mol. The van der Waals surface area contributed by atoms with Gasteiger partial charge in [-0.25, -0.2) is 4.98 Å². The van der Waals surface area contributed by atoms with Gasteiger partial charge in [-0.2, -0.15) is 4.98 Å². The van der Waals surface area contributed by atoms with Crippen molar-refractivity contribution in [2.45, 2.75) is 51.4 Å². The van der Waals surface area contributed by atoms with E-state index in [2.05, 4.69) is 33.1 Å². The topological polar surface area (TPSA) is 41.1 Å². The van der Waals surface area contributed by atoms with E-state index in [-0.39, 0.29) is 0 Å². The van der Waals surface area contributed by atoms with Crippen LogP contribution in [0.25, 0.3) is 0 Å². The molecule has 0 bridgehead atoms. The van der Waals surface area contributed by atoms with Gasteiger partial charge in [-0.3, -0.25) is 0 Å². The zero-order valence-corrected chi connectivity index (χ0v) is 13.7. The third kappa shape index (κ3) is 3.08. The summed E-state index contributed by atoms with van der Waals surface area (Å²) in [6.45, 7) is 5.19. The van der Waals surface area contributed by atoms with Gasteiger partial charge >= 0.3 is 0 Å². The Labute approximate surface area is 129 Å². The van der Waals surface area contributed by atoms with Crippen LogP contribution in [0.15, 0.2) is 4.47 Å². The number of rotatable bonds is 4. The number of nitrogens with one attached hydrogen (secondary N) is 1. The SMILES string of the molecule is CCNc1nc(N2CCCCCC2)nc(C2CC2)c1Br. The highest BCUT2D eigenvalue weighted by molar-refractivity contribution is 9.10. The lowest BCUT2D eigenvalue weighted by atomic mass is 10.2. The molecular weight excluding hydrogens is 316 g/mol. The van der Waals surface area contributed by atoms with Crippen LogP contribution in [0.4, 0.5) is 11.8 Å². The molecule has 1 aromatic rings. The molecule has 3 rings (SSSR count). The van der Waals surface area contributed by atoms with Gasteiger partial charge < -0.3 is 10.2 Å². The molecule has 0 atom stereocenters. The second-order valence-corrected chi connectivity index (χ2v) is 6.57. The van der Waals surface area contributed by atoms with Crippen molar-refractivity contribution in [3.63, 3.8) is 0 Å². The first kappa shape index (κ1) is 14.1. The van der Waals surface area contributed by atoms with E-state index in [1.54, 1.807) is 0 Å². The molecule has 2 heterocycles. The molecule has 0 radical (unpaired) electrons. The lowest BCUT2D eigenvalue weighted by Crippen LogP contribution is -2.27. The van der Waals surface area contributed by atoms with Gasteiger partial charge in [-0.05, 0) is 48.5 Å². The second kappa shape index (κ2) is 6.29. The molecule has 0 unspecified atom stereocenters. The number of aromatic nitrogens is 2. The number of hydrogen-bond acceptors (Lipinski definition) is 4. The number of hydrogen-bond donors (Lipinski definition) is 1. The fourth-order valence-electron chi connectivity index (χ4n) is 2.78. The van der Waals surface area contributed by atoms with Gasteiger partial charge in [0.25, 0.3) is 0 Å². The van der Waals surface area contributed by atoms with E-state index in [1.807, 2.05) is 0 Å². The Hall–Kier alpha value is -0.840. The lowest BCUT2D eigenvalue weighted by Gasteiger charge is -2.22. The molecule has 1 aliphatic carbocycles. The third-order valence-electron chi connectivity index (χ3n) is 4.06. The summed E-state index contributed by atoms with van der Waals surface area (Å²) in [6.07, 6.45) is 7.72. The van der Waals surface area contributed by atoms with Gasteiger partial charge in [0.1, 0.15) is 5.82 Å². The smallest absolute Gasteiger partial charge is 0.227 e. The van der Waals surface area contributed by atoms with Crippen LogP contribution >= 0.6 is 15.9 Å². The van der Waals surface area contributed by atoms with Crippen molar-refractivity contribution in [3.8, 4) is 0 Å². The van der Waals surface area contributed by atoms with Crippen molar-refractivity contribution in [2.75, 3.05) is 29.9 Å². The molecule has 1 aliphatic heterocycles. The van der Waals surface area contributed by atoms with Gasteiger partial charge in [-0.1, -0.05) is 12.8 Å². The molecule has 0 aromatic carbocycles. The zero-order valence-electron chi connectivity index (χ0n) is 12.2. The van der Waals surface area contributed by atoms with E-state index in [0.717, 1.165) is 35.9 Å². The van der Waals surface area contributed by atoms with Crippen LogP contribution < -0.4 is 10.2 Å². The average molecular weight is 339 g/mol. The standard InChI is InChI=1S/C15H23BrN4/c1-2-17-14-12(16)13(11-7-8-11)18-15(19-14)20-9-5-3-4-6-10-20/h11H,2-10H2,1H3,(H,17,18,19). The van der Waals surface area contributed by atoms with Crippen molar-refractivity contribution < 1.29 is 0 Å². The van der Waals surface area contributed by atoms with Gasteiger partial charge in [-0.15, -0.1) is 0 Å². The van der Waals surface area contributed by atoms with E-state index in [9.17, 15) is 0 Å². The molecule has 1 N–H and O–H groups in total. The predicted octanol–water partition coefficient (Wildman–Crippen LogP) is 3.93. The highest BCUT2D eigenvalue weighted by Crippen LogP contribution is 2.44. The maximum absolute atomic E-state index is 4.87. The molecule has 1 aromatic heterocycles. The average Bonchev–Trinajstić information content (AvgIpc) is 3.27. The van der Waals surface area contributed by atoms with Crippen LogP contribution in [-0.2, 0) is 0 Å². The fraction of sp³-hybridized carbons (Fsp3) is 0.733. The minimum absolute atomic E-state index is 0.635. The van der Waals surface area contributed by atoms with Crippen LogP contribution in [0.5, 0.6) is 0 Å². The maximum Gasteiger partial charge on any atom is 0.227 e. The van der Waals surface area contributed by atoms with Crippen LogP contribution in [0.1, 0.15) is 57.1 Å². The molecule has 1 saturated carbocycles. The Balaban J connectivity index is 1.92. The summed E-state index contributed by atoms with van der Waals surface area (Å²) in [4.78, 5) is 12.0. The van der Waals surface area contributed by atoms with Crippen LogP contribution in [-0.4, -0.2) is 29.6 Å². The lowest BCUT2D eigenvalue weighted by molar-refractivity contribution is 0.726. The minimum Gasteiger partial charge on any atom is -0.369 e. The van der Waals surface area contributed by atoms with E-state index >= 15 is 0 Å². The largest absolute Gasteiger partial charge is 0.369 e. The molecule has 0 spiro atoms. The van der Waals surface area contributed by atoms with Gasteiger partial charge in [0.15, 0.2) is 0 Å². The quantitative estimate of drug-likeness (QED) is 0.902. The normalized spacial score (nSPS) is 19.8. The van der Waals surface area contributed by atoms with E-state index in [0.29, 0.717) is 5.92 Å². The van der Waals surface area contributed by atoms with E-state index in [1.165, 1.54) is 44.2 Å².